The Balaban J connectivity index is 2.07. The maximum Gasteiger partial charge on any atom is 0.472 e. The zero-order valence-corrected chi connectivity index (χ0v) is 13.9. The molecule has 1 saturated heterocycles. The Hall–Kier alpha value is -1.33. The minimum Gasteiger partial charge on any atom is -0.387 e. The van der Waals surface area contributed by atoms with Crippen molar-refractivity contribution in [3.8, 4) is 0 Å². The van der Waals surface area contributed by atoms with Crippen molar-refractivity contribution in [1.82, 2.24) is 9.55 Å². The van der Waals surface area contributed by atoms with Gasteiger partial charge < -0.3 is 25.6 Å². The van der Waals surface area contributed by atoms with E-state index in [0.717, 1.165) is 4.57 Å². The summed E-state index contributed by atoms with van der Waals surface area (Å²) in [5.41, 5.74) is 4.61. The maximum atomic E-state index is 11.8. The zero-order chi connectivity index (χ0) is 18.1. The zero-order valence-electron chi connectivity index (χ0n) is 13.1. The van der Waals surface area contributed by atoms with Gasteiger partial charge in [0.1, 0.15) is 24.1 Å². The van der Waals surface area contributed by atoms with Crippen LogP contribution < -0.4 is 11.4 Å². The van der Waals surface area contributed by atoms with Crippen LogP contribution in [0.4, 0.5) is 5.82 Å². The molecule has 1 aromatic heterocycles. The number of hydrogen-bond acceptors (Lipinski definition) is 9. The van der Waals surface area contributed by atoms with Gasteiger partial charge in [0, 0.05) is 6.20 Å². The summed E-state index contributed by atoms with van der Waals surface area (Å²) < 4.78 is 27.4. The van der Waals surface area contributed by atoms with Gasteiger partial charge in [-0.1, -0.05) is 0 Å². The molecule has 0 amide bonds. The fourth-order valence-corrected chi connectivity index (χ4v) is 3.11. The molecule has 0 aromatic carbocycles. The second-order valence-electron chi connectivity index (χ2n) is 5.51. The lowest BCUT2D eigenvalue weighted by Crippen LogP contribution is -2.36. The smallest absolute Gasteiger partial charge is 0.387 e. The average Bonchev–Trinajstić information content (AvgIpc) is 2.72. The summed E-state index contributed by atoms with van der Waals surface area (Å²) in [6.45, 7) is 2.58. The number of aliphatic hydroxyl groups is 2. The molecule has 24 heavy (non-hydrogen) atoms. The molecule has 2 heterocycles. The van der Waals surface area contributed by atoms with E-state index in [0.29, 0.717) is 0 Å². The first-order chi connectivity index (χ1) is 11.1. The number of aromatic nitrogens is 2. The van der Waals surface area contributed by atoms with Crippen molar-refractivity contribution in [1.29, 1.82) is 0 Å². The second kappa shape index (κ2) is 7.28. The predicted octanol–water partition coefficient (Wildman–Crippen LogP) is -1.01. The molecule has 1 aliphatic rings. The van der Waals surface area contributed by atoms with E-state index in [9.17, 15) is 24.5 Å². The molecule has 0 aliphatic carbocycles. The van der Waals surface area contributed by atoms with Crippen LogP contribution in [0.1, 0.15) is 20.1 Å². The van der Waals surface area contributed by atoms with Crippen LogP contribution in [-0.2, 0) is 18.3 Å². The van der Waals surface area contributed by atoms with Gasteiger partial charge >= 0.3 is 13.5 Å². The highest BCUT2D eigenvalue weighted by Gasteiger charge is 2.45. The van der Waals surface area contributed by atoms with E-state index in [1.807, 2.05) is 0 Å². The molecule has 5 N–H and O–H groups in total. The van der Waals surface area contributed by atoms with E-state index in [1.165, 1.54) is 12.3 Å². The van der Waals surface area contributed by atoms with Gasteiger partial charge in [0.2, 0.25) is 0 Å². The summed E-state index contributed by atoms with van der Waals surface area (Å²) in [4.78, 5) is 24.8. The van der Waals surface area contributed by atoms with Crippen molar-refractivity contribution in [3.63, 3.8) is 0 Å². The third-order valence-electron chi connectivity index (χ3n) is 3.21. The quantitative estimate of drug-likeness (QED) is 0.458. The summed E-state index contributed by atoms with van der Waals surface area (Å²) in [6.07, 6.45) is -4.59. The standard InChI is InChI=1S/C12H20N3O8P/c1-6(2)23-24(19,20)21-5-7-9(16)10(17)11(22-7)15-4-3-8(13)14-12(15)18/h3-4,6-7,9-11,16-17H,5H2,1-2H3,(H,19,20)(H2,13,14,18). The molecular formula is C12H20N3O8P. The number of anilines is 1. The van der Waals surface area contributed by atoms with Gasteiger partial charge in [0.15, 0.2) is 6.23 Å². The van der Waals surface area contributed by atoms with Gasteiger partial charge in [-0.25, -0.2) is 9.36 Å². The Morgan fingerprint density at radius 1 is 1.46 bits per heavy atom. The van der Waals surface area contributed by atoms with Crippen molar-refractivity contribution in [2.75, 3.05) is 12.3 Å². The molecule has 1 fully saturated rings. The van der Waals surface area contributed by atoms with Crippen LogP contribution in [0.5, 0.6) is 0 Å². The first-order valence-electron chi connectivity index (χ1n) is 7.12. The number of ether oxygens (including phenoxy) is 1. The summed E-state index contributed by atoms with van der Waals surface area (Å²) in [7, 11) is -4.33. The van der Waals surface area contributed by atoms with Crippen LogP contribution >= 0.6 is 7.82 Å². The number of nitrogen functional groups attached to an aromatic ring is 1. The molecule has 0 saturated carbocycles. The normalized spacial score (nSPS) is 29.8. The fourth-order valence-electron chi connectivity index (χ4n) is 2.18. The second-order valence-corrected chi connectivity index (χ2v) is 6.91. The van der Waals surface area contributed by atoms with Crippen LogP contribution in [0.3, 0.4) is 0 Å². The highest BCUT2D eigenvalue weighted by atomic mass is 31.2. The number of hydrogen-bond donors (Lipinski definition) is 4. The number of aliphatic hydroxyl groups excluding tert-OH is 2. The Bertz CT molecular complexity index is 681. The van der Waals surface area contributed by atoms with Gasteiger partial charge in [0.25, 0.3) is 0 Å². The Morgan fingerprint density at radius 3 is 2.71 bits per heavy atom. The number of phosphoric acid groups is 1. The van der Waals surface area contributed by atoms with Crippen LogP contribution in [0.2, 0.25) is 0 Å². The van der Waals surface area contributed by atoms with Crippen molar-refractivity contribution >= 4 is 13.6 Å². The summed E-state index contributed by atoms with van der Waals surface area (Å²) in [6, 6.07) is 1.33. The highest BCUT2D eigenvalue weighted by molar-refractivity contribution is 7.47. The molecule has 1 aliphatic heterocycles. The third kappa shape index (κ3) is 4.39. The Labute approximate surface area is 137 Å². The van der Waals surface area contributed by atoms with Crippen molar-refractivity contribution in [2.45, 2.75) is 44.5 Å². The lowest BCUT2D eigenvalue weighted by atomic mass is 10.1. The fraction of sp³-hybridized carbons (Fsp3) is 0.667. The van der Waals surface area contributed by atoms with Gasteiger partial charge in [-0.05, 0) is 19.9 Å². The maximum absolute atomic E-state index is 11.8. The third-order valence-corrected chi connectivity index (χ3v) is 4.37. The van der Waals surface area contributed by atoms with Crippen LogP contribution in [0.25, 0.3) is 0 Å². The van der Waals surface area contributed by atoms with Crippen LogP contribution in [0, 0.1) is 0 Å². The monoisotopic (exact) mass is 365 g/mol. The van der Waals surface area contributed by atoms with Crippen molar-refractivity contribution in [3.05, 3.63) is 22.7 Å². The Morgan fingerprint density at radius 2 is 2.12 bits per heavy atom. The molecule has 12 heteroatoms. The largest absolute Gasteiger partial charge is 0.472 e. The van der Waals surface area contributed by atoms with E-state index >= 15 is 0 Å². The SMILES string of the molecule is CC(C)OP(=O)(O)OCC1OC(n2ccc(N)nc2=O)C(O)C1O. The first-order valence-corrected chi connectivity index (χ1v) is 8.62. The summed E-state index contributed by atoms with van der Waals surface area (Å²) in [5.74, 6) is -0.00350. The Kier molecular flexibility index (Phi) is 5.76. The molecule has 5 atom stereocenters. The molecule has 0 bridgehead atoms. The van der Waals surface area contributed by atoms with E-state index < -0.39 is 50.8 Å². The van der Waals surface area contributed by atoms with Gasteiger partial charge in [-0.15, -0.1) is 0 Å². The van der Waals surface area contributed by atoms with Crippen molar-refractivity contribution < 1.29 is 33.5 Å². The summed E-state index contributed by atoms with van der Waals surface area (Å²) in [5, 5.41) is 20.0. The predicted molar refractivity (Wildman–Crippen MR) is 80.8 cm³/mol. The highest BCUT2D eigenvalue weighted by Crippen LogP contribution is 2.45. The van der Waals surface area contributed by atoms with Gasteiger partial charge in [-0.2, -0.15) is 4.98 Å². The topological polar surface area (TPSA) is 166 Å². The van der Waals surface area contributed by atoms with E-state index in [1.54, 1.807) is 13.8 Å². The molecule has 0 spiro atoms. The minimum absolute atomic E-state index is 0.00350. The molecule has 1 aromatic rings. The molecule has 11 nitrogen and oxygen atoms in total. The van der Waals surface area contributed by atoms with Crippen LogP contribution in [-0.4, -0.2) is 55.7 Å². The molecular weight excluding hydrogens is 345 g/mol. The first kappa shape index (κ1) is 19.0. The number of rotatable bonds is 6. The van der Waals surface area contributed by atoms with Crippen molar-refractivity contribution in [2.24, 2.45) is 0 Å². The summed E-state index contributed by atoms with van der Waals surface area (Å²) >= 11 is 0. The number of phosphoric ester groups is 1. The molecule has 0 radical (unpaired) electrons. The van der Waals surface area contributed by atoms with E-state index in [-0.39, 0.29) is 5.82 Å². The molecule has 136 valence electrons. The van der Waals surface area contributed by atoms with Gasteiger partial charge in [0.05, 0.1) is 12.7 Å². The number of nitrogens with zero attached hydrogens (tertiary/aromatic N) is 2. The van der Waals surface area contributed by atoms with E-state index in [4.69, 9.17) is 19.5 Å². The lowest BCUT2D eigenvalue weighted by Gasteiger charge is -2.18. The minimum atomic E-state index is -4.33. The molecule has 2 rings (SSSR count). The molecule has 5 unspecified atom stereocenters. The van der Waals surface area contributed by atoms with E-state index in [2.05, 4.69) is 4.98 Å². The lowest BCUT2D eigenvalue weighted by molar-refractivity contribution is -0.0557. The average molecular weight is 365 g/mol. The number of nitrogens with two attached hydrogens (primary N) is 1. The van der Waals surface area contributed by atoms with Gasteiger partial charge in [-0.3, -0.25) is 13.6 Å². The van der Waals surface area contributed by atoms with Crippen LogP contribution in [0.15, 0.2) is 17.1 Å².